The average molecular weight is 261 g/mol. The quantitative estimate of drug-likeness (QED) is 0.898. The van der Waals surface area contributed by atoms with Crippen LogP contribution < -0.4 is 5.73 Å². The Bertz CT molecular complexity index is 399. The third-order valence-corrected chi connectivity index (χ3v) is 3.92. The molecule has 1 fully saturated rings. The van der Waals surface area contributed by atoms with Crippen LogP contribution in [-0.4, -0.2) is 34.4 Å². The second-order valence-electron chi connectivity index (χ2n) is 5.29. The van der Waals surface area contributed by atoms with Gasteiger partial charge in [0.2, 0.25) is 5.91 Å². The lowest BCUT2D eigenvalue weighted by Crippen LogP contribution is -2.44. The van der Waals surface area contributed by atoms with Gasteiger partial charge in [0.05, 0.1) is 6.42 Å². The maximum Gasteiger partial charge on any atom is 0.227 e. The standard InChI is InChI=1S/C15H23N3O/c1-2-18(14-7-5-13(16)6-8-14)15(19)10-12-4-3-9-17-11-12/h3-4,9,11,13-14H,2,5-8,10,16H2,1H3. The van der Waals surface area contributed by atoms with E-state index >= 15 is 0 Å². The van der Waals surface area contributed by atoms with Crippen molar-refractivity contribution in [2.24, 2.45) is 5.73 Å². The van der Waals surface area contributed by atoms with E-state index in [1.165, 1.54) is 0 Å². The van der Waals surface area contributed by atoms with Crippen molar-refractivity contribution in [1.29, 1.82) is 0 Å². The monoisotopic (exact) mass is 261 g/mol. The number of rotatable bonds is 4. The van der Waals surface area contributed by atoms with Crippen LogP contribution in [0.1, 0.15) is 38.2 Å². The van der Waals surface area contributed by atoms with Gasteiger partial charge in [-0.3, -0.25) is 9.78 Å². The second kappa shape index (κ2) is 6.66. The first kappa shape index (κ1) is 14.0. The van der Waals surface area contributed by atoms with Gasteiger partial charge >= 0.3 is 0 Å². The molecule has 1 heterocycles. The summed E-state index contributed by atoms with van der Waals surface area (Å²) in [7, 11) is 0. The van der Waals surface area contributed by atoms with Crippen molar-refractivity contribution >= 4 is 5.91 Å². The van der Waals surface area contributed by atoms with E-state index in [-0.39, 0.29) is 5.91 Å². The molecule has 0 radical (unpaired) electrons. The molecule has 1 saturated carbocycles. The molecule has 1 aliphatic carbocycles. The average Bonchev–Trinajstić information content (AvgIpc) is 2.43. The van der Waals surface area contributed by atoms with Crippen LogP contribution in [0.25, 0.3) is 0 Å². The van der Waals surface area contributed by atoms with Crippen molar-refractivity contribution < 1.29 is 4.79 Å². The van der Waals surface area contributed by atoms with Gasteiger partial charge in [0, 0.05) is 31.0 Å². The van der Waals surface area contributed by atoms with Crippen molar-refractivity contribution in [2.75, 3.05) is 6.54 Å². The minimum atomic E-state index is 0.205. The van der Waals surface area contributed by atoms with Crippen LogP contribution in [0.4, 0.5) is 0 Å². The SMILES string of the molecule is CCN(C(=O)Cc1cccnc1)C1CCC(N)CC1. The molecule has 0 aromatic carbocycles. The third kappa shape index (κ3) is 3.77. The van der Waals surface area contributed by atoms with Gasteiger partial charge in [-0.25, -0.2) is 0 Å². The minimum Gasteiger partial charge on any atom is -0.340 e. The summed E-state index contributed by atoms with van der Waals surface area (Å²) in [5.74, 6) is 0.205. The van der Waals surface area contributed by atoms with Gasteiger partial charge in [0.15, 0.2) is 0 Å². The summed E-state index contributed by atoms with van der Waals surface area (Å²) >= 11 is 0. The van der Waals surface area contributed by atoms with E-state index in [2.05, 4.69) is 11.9 Å². The zero-order chi connectivity index (χ0) is 13.7. The summed E-state index contributed by atoms with van der Waals surface area (Å²) in [6, 6.07) is 4.52. The molecule has 1 aromatic rings. The van der Waals surface area contributed by atoms with Crippen molar-refractivity contribution in [3.63, 3.8) is 0 Å². The molecule has 2 N–H and O–H groups in total. The predicted octanol–water partition coefficient (Wildman–Crippen LogP) is 1.74. The van der Waals surface area contributed by atoms with Gasteiger partial charge in [-0.15, -0.1) is 0 Å². The van der Waals surface area contributed by atoms with E-state index in [1.807, 2.05) is 17.0 Å². The van der Waals surface area contributed by atoms with Crippen molar-refractivity contribution in [1.82, 2.24) is 9.88 Å². The highest BCUT2D eigenvalue weighted by atomic mass is 16.2. The topological polar surface area (TPSA) is 59.2 Å². The number of hydrogen-bond donors (Lipinski definition) is 1. The fourth-order valence-electron chi connectivity index (χ4n) is 2.83. The summed E-state index contributed by atoms with van der Waals surface area (Å²) in [5.41, 5.74) is 6.91. The van der Waals surface area contributed by atoms with Gasteiger partial charge in [-0.05, 0) is 44.2 Å². The first-order chi connectivity index (χ1) is 9.20. The Kier molecular flexibility index (Phi) is 4.91. The number of aromatic nitrogens is 1. The molecular weight excluding hydrogens is 238 g/mol. The van der Waals surface area contributed by atoms with Gasteiger partial charge in [-0.2, -0.15) is 0 Å². The molecule has 104 valence electrons. The highest BCUT2D eigenvalue weighted by Crippen LogP contribution is 2.22. The Hall–Kier alpha value is -1.42. The molecule has 4 nitrogen and oxygen atoms in total. The smallest absolute Gasteiger partial charge is 0.227 e. The molecule has 0 unspecified atom stereocenters. The Labute approximate surface area is 115 Å². The van der Waals surface area contributed by atoms with Crippen molar-refractivity contribution in [3.05, 3.63) is 30.1 Å². The molecule has 0 atom stereocenters. The lowest BCUT2D eigenvalue weighted by Gasteiger charge is -2.35. The summed E-state index contributed by atoms with van der Waals surface area (Å²) in [6.07, 6.45) is 8.07. The number of carbonyl (C=O) groups is 1. The first-order valence-corrected chi connectivity index (χ1v) is 7.14. The van der Waals surface area contributed by atoms with E-state index in [0.717, 1.165) is 37.8 Å². The van der Waals surface area contributed by atoms with Crippen LogP contribution in [0, 0.1) is 0 Å². The molecule has 1 aliphatic rings. The Morgan fingerprint density at radius 2 is 2.16 bits per heavy atom. The van der Waals surface area contributed by atoms with Gasteiger partial charge < -0.3 is 10.6 Å². The highest BCUT2D eigenvalue weighted by Gasteiger charge is 2.26. The van der Waals surface area contributed by atoms with Crippen LogP contribution in [-0.2, 0) is 11.2 Å². The molecule has 4 heteroatoms. The fraction of sp³-hybridized carbons (Fsp3) is 0.600. The van der Waals surface area contributed by atoms with Crippen molar-refractivity contribution in [3.8, 4) is 0 Å². The number of likely N-dealkylation sites (N-methyl/N-ethyl adjacent to an activating group) is 1. The van der Waals surface area contributed by atoms with E-state index in [0.29, 0.717) is 18.5 Å². The zero-order valence-electron chi connectivity index (χ0n) is 11.6. The molecule has 1 amide bonds. The molecule has 1 aromatic heterocycles. The van der Waals surface area contributed by atoms with Gasteiger partial charge in [0.1, 0.15) is 0 Å². The van der Waals surface area contributed by atoms with E-state index in [1.54, 1.807) is 12.4 Å². The normalized spacial score (nSPS) is 23.1. The Balaban J connectivity index is 1.95. The molecule has 0 saturated heterocycles. The molecule has 0 bridgehead atoms. The zero-order valence-corrected chi connectivity index (χ0v) is 11.6. The van der Waals surface area contributed by atoms with Crippen LogP contribution >= 0.6 is 0 Å². The third-order valence-electron chi connectivity index (χ3n) is 3.92. The number of nitrogens with two attached hydrogens (primary N) is 1. The molecule has 19 heavy (non-hydrogen) atoms. The Morgan fingerprint density at radius 3 is 2.74 bits per heavy atom. The summed E-state index contributed by atoms with van der Waals surface area (Å²) in [5, 5.41) is 0. The van der Waals surface area contributed by atoms with E-state index < -0.39 is 0 Å². The Morgan fingerprint density at radius 1 is 1.42 bits per heavy atom. The van der Waals surface area contributed by atoms with Crippen molar-refractivity contribution in [2.45, 2.75) is 51.1 Å². The maximum atomic E-state index is 12.4. The van der Waals surface area contributed by atoms with Crippen LogP contribution in [0.2, 0.25) is 0 Å². The predicted molar refractivity (Wildman–Crippen MR) is 75.6 cm³/mol. The number of nitrogens with zero attached hydrogens (tertiary/aromatic N) is 2. The van der Waals surface area contributed by atoms with Crippen LogP contribution in [0.3, 0.4) is 0 Å². The number of amides is 1. The van der Waals surface area contributed by atoms with Crippen LogP contribution in [0.15, 0.2) is 24.5 Å². The van der Waals surface area contributed by atoms with Gasteiger partial charge in [0.25, 0.3) is 0 Å². The number of hydrogen-bond acceptors (Lipinski definition) is 3. The van der Waals surface area contributed by atoms with Gasteiger partial charge in [-0.1, -0.05) is 6.07 Å². The van der Waals surface area contributed by atoms with Crippen LogP contribution in [0.5, 0.6) is 0 Å². The largest absolute Gasteiger partial charge is 0.340 e. The lowest BCUT2D eigenvalue weighted by molar-refractivity contribution is -0.133. The lowest BCUT2D eigenvalue weighted by atomic mass is 9.90. The first-order valence-electron chi connectivity index (χ1n) is 7.14. The summed E-state index contributed by atoms with van der Waals surface area (Å²) in [6.45, 7) is 2.83. The fourth-order valence-corrected chi connectivity index (χ4v) is 2.83. The highest BCUT2D eigenvalue weighted by molar-refractivity contribution is 5.79. The summed E-state index contributed by atoms with van der Waals surface area (Å²) in [4.78, 5) is 18.5. The minimum absolute atomic E-state index is 0.205. The van der Waals surface area contributed by atoms with E-state index in [9.17, 15) is 4.79 Å². The molecule has 0 spiro atoms. The maximum absolute atomic E-state index is 12.4. The second-order valence-corrected chi connectivity index (χ2v) is 5.29. The number of pyridine rings is 1. The van der Waals surface area contributed by atoms with E-state index in [4.69, 9.17) is 5.73 Å². The summed E-state index contributed by atoms with van der Waals surface area (Å²) < 4.78 is 0. The number of carbonyl (C=O) groups excluding carboxylic acids is 1. The molecular formula is C15H23N3O. The molecule has 0 aliphatic heterocycles. The molecule has 2 rings (SSSR count).